The molecule has 1 saturated carbocycles. The van der Waals surface area contributed by atoms with Crippen molar-refractivity contribution in [3.8, 4) is 0 Å². The molecule has 1 aromatic heterocycles. The van der Waals surface area contributed by atoms with Gasteiger partial charge < -0.3 is 5.32 Å². The fourth-order valence-corrected chi connectivity index (χ4v) is 4.92. The molecule has 2 rings (SSSR count). The Morgan fingerprint density at radius 1 is 1.33 bits per heavy atom. The van der Waals surface area contributed by atoms with Gasteiger partial charge in [0.2, 0.25) is 0 Å². The van der Waals surface area contributed by atoms with Gasteiger partial charge >= 0.3 is 0 Å². The van der Waals surface area contributed by atoms with Crippen molar-refractivity contribution in [3.05, 3.63) is 23.4 Å². The summed E-state index contributed by atoms with van der Waals surface area (Å²) in [5.41, 5.74) is 2.91. The van der Waals surface area contributed by atoms with Crippen molar-refractivity contribution in [2.45, 2.75) is 76.6 Å². The summed E-state index contributed by atoms with van der Waals surface area (Å²) >= 11 is 1.98. The number of hydrogen-bond donors (Lipinski definition) is 1. The highest BCUT2D eigenvalue weighted by Gasteiger charge is 2.35. The number of rotatable bonds is 5. The highest BCUT2D eigenvalue weighted by molar-refractivity contribution is 7.99. The standard InChI is InChI=1S/C18H30N2S/c1-6-9-19-15-7-8-18(4,5)12-16(15)21-17-11-13(2)10-14(3)20-17/h10-11,15-16,19H,6-9,12H2,1-5H3. The van der Waals surface area contributed by atoms with E-state index in [1.807, 2.05) is 11.8 Å². The zero-order chi connectivity index (χ0) is 15.5. The lowest BCUT2D eigenvalue weighted by Crippen LogP contribution is -2.45. The van der Waals surface area contributed by atoms with E-state index in [-0.39, 0.29) is 0 Å². The monoisotopic (exact) mass is 306 g/mol. The Labute approximate surface area is 134 Å². The van der Waals surface area contributed by atoms with Gasteiger partial charge in [0.05, 0.1) is 5.03 Å². The van der Waals surface area contributed by atoms with Crippen molar-refractivity contribution in [1.82, 2.24) is 10.3 Å². The molecule has 0 saturated heterocycles. The number of nitrogens with one attached hydrogen (secondary N) is 1. The second-order valence-corrected chi connectivity index (χ2v) is 8.51. The van der Waals surface area contributed by atoms with Crippen LogP contribution in [0.3, 0.4) is 0 Å². The first-order valence-corrected chi connectivity index (χ1v) is 9.13. The summed E-state index contributed by atoms with van der Waals surface area (Å²) in [6.45, 7) is 12.4. The molecule has 1 fully saturated rings. The number of pyridine rings is 1. The minimum atomic E-state index is 0.459. The Kier molecular flexibility index (Phi) is 5.73. The van der Waals surface area contributed by atoms with Gasteiger partial charge in [-0.3, -0.25) is 0 Å². The Morgan fingerprint density at radius 2 is 2.10 bits per heavy atom. The van der Waals surface area contributed by atoms with E-state index in [2.05, 4.69) is 52.1 Å². The molecule has 1 aromatic rings. The summed E-state index contributed by atoms with van der Waals surface area (Å²) in [5, 5.41) is 5.59. The van der Waals surface area contributed by atoms with E-state index in [9.17, 15) is 0 Å². The Hall–Kier alpha value is -0.540. The van der Waals surface area contributed by atoms with Gasteiger partial charge in [-0.05, 0) is 69.2 Å². The molecule has 2 atom stereocenters. The van der Waals surface area contributed by atoms with E-state index < -0.39 is 0 Å². The van der Waals surface area contributed by atoms with Gasteiger partial charge in [0, 0.05) is 17.0 Å². The van der Waals surface area contributed by atoms with E-state index in [4.69, 9.17) is 4.98 Å². The third kappa shape index (κ3) is 5.00. The predicted octanol–water partition coefficient (Wildman–Crippen LogP) is 4.74. The van der Waals surface area contributed by atoms with Crippen LogP contribution in [0, 0.1) is 19.3 Å². The Balaban J connectivity index is 2.11. The second-order valence-electron chi connectivity index (χ2n) is 7.25. The van der Waals surface area contributed by atoms with E-state index in [0.717, 1.165) is 12.2 Å². The maximum atomic E-state index is 4.73. The lowest BCUT2D eigenvalue weighted by molar-refractivity contribution is 0.214. The number of hydrogen-bond acceptors (Lipinski definition) is 3. The van der Waals surface area contributed by atoms with Crippen molar-refractivity contribution >= 4 is 11.8 Å². The van der Waals surface area contributed by atoms with Crippen LogP contribution in [0.4, 0.5) is 0 Å². The van der Waals surface area contributed by atoms with Gasteiger partial charge in [0.25, 0.3) is 0 Å². The van der Waals surface area contributed by atoms with Crippen molar-refractivity contribution in [2.24, 2.45) is 5.41 Å². The smallest absolute Gasteiger partial charge is 0.0968 e. The average Bonchev–Trinajstić information content (AvgIpc) is 2.36. The number of aromatic nitrogens is 1. The fraction of sp³-hybridized carbons (Fsp3) is 0.722. The molecule has 1 aliphatic carbocycles. The van der Waals surface area contributed by atoms with E-state index in [1.54, 1.807) is 0 Å². The van der Waals surface area contributed by atoms with Gasteiger partial charge in [-0.1, -0.05) is 20.8 Å². The highest BCUT2D eigenvalue weighted by atomic mass is 32.2. The molecule has 2 unspecified atom stereocenters. The maximum Gasteiger partial charge on any atom is 0.0968 e. The number of aryl methyl sites for hydroxylation is 2. The minimum absolute atomic E-state index is 0.459. The quantitative estimate of drug-likeness (QED) is 0.850. The van der Waals surface area contributed by atoms with E-state index in [1.165, 1.54) is 36.3 Å². The summed E-state index contributed by atoms with van der Waals surface area (Å²) < 4.78 is 0. The van der Waals surface area contributed by atoms with Crippen molar-refractivity contribution in [3.63, 3.8) is 0 Å². The first-order valence-electron chi connectivity index (χ1n) is 8.25. The molecular formula is C18H30N2S. The number of nitrogens with zero attached hydrogens (tertiary/aromatic N) is 1. The van der Waals surface area contributed by atoms with Crippen LogP contribution in [0.5, 0.6) is 0 Å². The summed E-state index contributed by atoms with van der Waals surface area (Å²) in [4.78, 5) is 4.73. The molecule has 3 heteroatoms. The van der Waals surface area contributed by atoms with E-state index in [0.29, 0.717) is 16.7 Å². The molecule has 21 heavy (non-hydrogen) atoms. The molecule has 118 valence electrons. The van der Waals surface area contributed by atoms with Crippen LogP contribution in [0.1, 0.15) is 57.7 Å². The topological polar surface area (TPSA) is 24.9 Å². The summed E-state index contributed by atoms with van der Waals surface area (Å²) in [6, 6.07) is 5.02. The largest absolute Gasteiger partial charge is 0.313 e. The lowest BCUT2D eigenvalue weighted by atomic mass is 9.75. The first-order chi connectivity index (χ1) is 9.89. The molecule has 0 aromatic carbocycles. The first kappa shape index (κ1) is 16.8. The van der Waals surface area contributed by atoms with Crippen LogP contribution in [0.25, 0.3) is 0 Å². The van der Waals surface area contributed by atoms with Gasteiger partial charge in [-0.2, -0.15) is 0 Å². The van der Waals surface area contributed by atoms with Crippen LogP contribution >= 0.6 is 11.8 Å². The van der Waals surface area contributed by atoms with E-state index >= 15 is 0 Å². The molecule has 1 N–H and O–H groups in total. The van der Waals surface area contributed by atoms with Crippen LogP contribution in [-0.4, -0.2) is 22.8 Å². The highest BCUT2D eigenvalue weighted by Crippen LogP contribution is 2.42. The third-order valence-corrected chi connectivity index (χ3v) is 5.59. The SMILES string of the molecule is CCCNC1CCC(C)(C)CC1Sc1cc(C)cc(C)n1. The molecule has 0 radical (unpaired) electrons. The fourth-order valence-electron chi connectivity index (χ4n) is 3.23. The molecule has 1 heterocycles. The summed E-state index contributed by atoms with van der Waals surface area (Å²) in [7, 11) is 0. The lowest BCUT2D eigenvalue weighted by Gasteiger charge is -2.40. The molecular weight excluding hydrogens is 276 g/mol. The van der Waals surface area contributed by atoms with Crippen LogP contribution < -0.4 is 5.32 Å². The summed E-state index contributed by atoms with van der Waals surface area (Å²) in [6.07, 6.45) is 5.09. The van der Waals surface area contributed by atoms with Crippen molar-refractivity contribution < 1.29 is 0 Å². The van der Waals surface area contributed by atoms with Crippen LogP contribution in [0.15, 0.2) is 17.2 Å². The van der Waals surface area contributed by atoms with Gasteiger partial charge in [-0.15, -0.1) is 11.8 Å². The van der Waals surface area contributed by atoms with Crippen LogP contribution in [0.2, 0.25) is 0 Å². The predicted molar refractivity (Wildman–Crippen MR) is 93.1 cm³/mol. The number of thioether (sulfide) groups is 1. The van der Waals surface area contributed by atoms with Crippen LogP contribution in [-0.2, 0) is 0 Å². The van der Waals surface area contributed by atoms with Crippen molar-refractivity contribution in [2.75, 3.05) is 6.54 Å². The average molecular weight is 307 g/mol. The molecule has 1 aliphatic rings. The zero-order valence-corrected chi connectivity index (χ0v) is 15.0. The third-order valence-electron chi connectivity index (χ3n) is 4.34. The zero-order valence-electron chi connectivity index (χ0n) is 14.2. The van der Waals surface area contributed by atoms with Gasteiger partial charge in [0.1, 0.15) is 0 Å². The molecule has 2 nitrogen and oxygen atoms in total. The van der Waals surface area contributed by atoms with Gasteiger partial charge in [0.15, 0.2) is 0 Å². The molecule has 0 aliphatic heterocycles. The Morgan fingerprint density at radius 3 is 2.76 bits per heavy atom. The summed E-state index contributed by atoms with van der Waals surface area (Å²) in [5.74, 6) is 0. The molecule has 0 spiro atoms. The second kappa shape index (κ2) is 7.15. The molecule has 0 bridgehead atoms. The minimum Gasteiger partial charge on any atom is -0.313 e. The Bertz CT molecular complexity index is 450. The van der Waals surface area contributed by atoms with Gasteiger partial charge in [-0.25, -0.2) is 4.98 Å². The molecule has 0 amide bonds. The van der Waals surface area contributed by atoms with Crippen molar-refractivity contribution in [1.29, 1.82) is 0 Å². The normalized spacial score (nSPS) is 25.0. The maximum absolute atomic E-state index is 4.73.